The summed E-state index contributed by atoms with van der Waals surface area (Å²) in [6.45, 7) is 2.53. The van der Waals surface area contributed by atoms with Crippen LogP contribution in [0, 0.1) is 6.92 Å². The summed E-state index contributed by atoms with van der Waals surface area (Å²) < 4.78 is 40.1. The summed E-state index contributed by atoms with van der Waals surface area (Å²) in [6.07, 6.45) is 0. The van der Waals surface area contributed by atoms with Crippen molar-refractivity contribution in [1.29, 1.82) is 0 Å². The summed E-state index contributed by atoms with van der Waals surface area (Å²) in [5.74, 6) is -0.411. The molecule has 1 aliphatic heterocycles. The monoisotopic (exact) mass is 597 g/mol. The number of carbonyl (C=O) groups excluding carboxylic acids is 2. The molecule has 0 saturated carbocycles. The lowest BCUT2D eigenvalue weighted by Gasteiger charge is -2.17. The maximum Gasteiger partial charge on any atom is 0.340 e. The van der Waals surface area contributed by atoms with Gasteiger partial charge in [0.1, 0.15) is 5.75 Å². The third-order valence-electron chi connectivity index (χ3n) is 7.92. The van der Waals surface area contributed by atoms with E-state index in [1.807, 2.05) is 62.3 Å². The average Bonchev–Trinajstić information content (AvgIpc) is 3.50. The molecule has 4 aromatic carbocycles. The highest BCUT2D eigenvalue weighted by molar-refractivity contribution is 7.90. The van der Waals surface area contributed by atoms with E-state index < -0.39 is 16.0 Å². The van der Waals surface area contributed by atoms with Gasteiger partial charge in [-0.25, -0.2) is 17.2 Å². The van der Waals surface area contributed by atoms with Crippen molar-refractivity contribution in [1.82, 2.24) is 8.87 Å². The first-order valence-electron chi connectivity index (χ1n) is 13.7. The van der Waals surface area contributed by atoms with E-state index in [1.54, 1.807) is 29.2 Å². The highest BCUT2D eigenvalue weighted by Crippen LogP contribution is 2.42. The Kier molecular flexibility index (Phi) is 6.89. The molecule has 0 fully saturated rings. The Morgan fingerprint density at radius 2 is 1.65 bits per heavy atom. The quantitative estimate of drug-likeness (QED) is 0.233. The van der Waals surface area contributed by atoms with Gasteiger partial charge in [-0.15, -0.1) is 0 Å². The Morgan fingerprint density at radius 1 is 0.953 bits per heavy atom. The van der Waals surface area contributed by atoms with Gasteiger partial charge < -0.3 is 19.3 Å². The van der Waals surface area contributed by atoms with Crippen LogP contribution in [0.3, 0.4) is 0 Å². The number of amides is 1. The lowest BCUT2D eigenvalue weighted by atomic mass is 9.98. The summed E-state index contributed by atoms with van der Waals surface area (Å²) in [7, 11) is 2.45. The zero-order valence-electron chi connectivity index (χ0n) is 24.5. The third kappa shape index (κ3) is 4.58. The topological polar surface area (TPSA) is 98.2 Å². The normalized spacial score (nSPS) is 13.0. The van der Waals surface area contributed by atoms with Gasteiger partial charge >= 0.3 is 5.97 Å². The molecule has 0 N–H and O–H groups in total. The van der Waals surface area contributed by atoms with Crippen molar-refractivity contribution in [3.8, 4) is 5.75 Å². The van der Waals surface area contributed by atoms with Gasteiger partial charge in [-0.05, 0) is 72.6 Å². The van der Waals surface area contributed by atoms with Crippen LogP contribution in [-0.4, -0.2) is 57.5 Å². The summed E-state index contributed by atoms with van der Waals surface area (Å²) in [5.41, 5.74) is 4.48. The van der Waals surface area contributed by atoms with Crippen LogP contribution in [-0.2, 0) is 27.8 Å². The second kappa shape index (κ2) is 10.5. The van der Waals surface area contributed by atoms with Crippen molar-refractivity contribution in [2.45, 2.75) is 24.9 Å². The molecule has 9 nitrogen and oxygen atoms in total. The minimum absolute atomic E-state index is 0.0121. The second-order valence-corrected chi connectivity index (χ2v) is 12.6. The number of benzene rings is 4. The minimum Gasteiger partial charge on any atom is -0.497 e. The average molecular weight is 598 g/mol. The molecule has 1 amide bonds. The molecule has 0 radical (unpaired) electrons. The molecular formula is C33H31N3O6S. The molecule has 220 valence electrons. The molecule has 1 aromatic heterocycles. The van der Waals surface area contributed by atoms with E-state index in [0.29, 0.717) is 39.7 Å². The van der Waals surface area contributed by atoms with Gasteiger partial charge in [-0.3, -0.25) is 4.79 Å². The lowest BCUT2D eigenvalue weighted by molar-refractivity contribution is 0.0602. The summed E-state index contributed by atoms with van der Waals surface area (Å²) in [4.78, 5) is 31.1. The largest absolute Gasteiger partial charge is 0.497 e. The van der Waals surface area contributed by atoms with Crippen LogP contribution in [0.1, 0.15) is 37.4 Å². The smallest absolute Gasteiger partial charge is 0.340 e. The lowest BCUT2D eigenvalue weighted by Crippen LogP contribution is -2.23. The maximum absolute atomic E-state index is 14.3. The van der Waals surface area contributed by atoms with Crippen LogP contribution in [0.2, 0.25) is 0 Å². The van der Waals surface area contributed by atoms with Crippen molar-refractivity contribution in [2.24, 2.45) is 0 Å². The highest BCUT2D eigenvalue weighted by atomic mass is 32.2. The number of aromatic nitrogens is 1. The van der Waals surface area contributed by atoms with Crippen LogP contribution in [0.4, 0.5) is 5.69 Å². The number of aryl methyl sites for hydroxylation is 1. The Hall–Kier alpha value is -4.83. The number of fused-ring (bicyclic) bond motifs is 5. The molecular weight excluding hydrogens is 566 g/mol. The van der Waals surface area contributed by atoms with Crippen LogP contribution in [0.15, 0.2) is 77.7 Å². The molecule has 0 spiro atoms. The number of hydrogen-bond acceptors (Lipinski definition) is 7. The summed E-state index contributed by atoms with van der Waals surface area (Å²) in [5, 5.41) is 0.990. The van der Waals surface area contributed by atoms with Crippen molar-refractivity contribution in [2.75, 3.05) is 33.2 Å². The van der Waals surface area contributed by atoms with Gasteiger partial charge in [-0.2, -0.15) is 0 Å². The molecule has 0 saturated heterocycles. The highest BCUT2D eigenvalue weighted by Gasteiger charge is 2.36. The summed E-state index contributed by atoms with van der Waals surface area (Å²) in [6, 6.07) is 21.0. The van der Waals surface area contributed by atoms with Gasteiger partial charge in [-0.1, -0.05) is 23.8 Å². The van der Waals surface area contributed by atoms with Gasteiger partial charge in [0.2, 0.25) is 0 Å². The molecule has 2 heterocycles. The van der Waals surface area contributed by atoms with Crippen LogP contribution in [0.5, 0.6) is 5.75 Å². The van der Waals surface area contributed by atoms with Crippen LogP contribution >= 0.6 is 0 Å². The van der Waals surface area contributed by atoms with E-state index >= 15 is 0 Å². The number of rotatable bonds is 7. The number of nitrogens with zero attached hydrogens (tertiary/aromatic N) is 3. The summed E-state index contributed by atoms with van der Waals surface area (Å²) >= 11 is 0. The van der Waals surface area contributed by atoms with E-state index in [2.05, 4.69) is 0 Å². The molecule has 43 heavy (non-hydrogen) atoms. The van der Waals surface area contributed by atoms with Crippen molar-refractivity contribution in [3.05, 3.63) is 101 Å². The molecule has 10 heteroatoms. The fourth-order valence-electron chi connectivity index (χ4n) is 5.77. The SMILES string of the molecule is COC(=O)c1cc2c(c3c4cc(C)ccc4n(S(=O)(=O)c4ccc(OC)cc4)c13)C(=O)N(Cc1ccc(N(C)C)cc1)C2. The predicted molar refractivity (Wildman–Crippen MR) is 165 cm³/mol. The fraction of sp³-hybridized carbons (Fsp3) is 0.212. The molecule has 5 aromatic rings. The van der Waals surface area contributed by atoms with Gasteiger partial charge in [0.15, 0.2) is 0 Å². The Labute approximate surface area is 249 Å². The molecule has 0 unspecified atom stereocenters. The Morgan fingerprint density at radius 3 is 2.28 bits per heavy atom. The standard InChI is InChI=1S/C33H31N3O6S/c1-20-6-15-28-26(16-20)30-29-22(19-35(32(29)37)18-21-7-9-23(10-8-21)34(2)3)17-27(33(38)42-5)31(30)36(28)43(39,40)25-13-11-24(41-4)12-14-25/h6-17H,18-19H2,1-5H3. The molecule has 1 aliphatic rings. The first-order valence-corrected chi connectivity index (χ1v) is 15.1. The second-order valence-electron chi connectivity index (χ2n) is 10.9. The molecule has 0 bridgehead atoms. The third-order valence-corrected chi connectivity index (χ3v) is 9.64. The first-order chi connectivity index (χ1) is 20.5. The molecule has 0 aliphatic carbocycles. The zero-order chi connectivity index (χ0) is 30.6. The molecule has 6 rings (SSSR count). The minimum atomic E-state index is -4.23. The van der Waals surface area contributed by atoms with Gasteiger partial charge in [0.05, 0.1) is 41.3 Å². The number of carbonyl (C=O) groups is 2. The number of hydrogen-bond donors (Lipinski definition) is 0. The van der Waals surface area contributed by atoms with Crippen LogP contribution in [0.25, 0.3) is 21.8 Å². The zero-order valence-corrected chi connectivity index (χ0v) is 25.4. The van der Waals surface area contributed by atoms with E-state index in [4.69, 9.17) is 9.47 Å². The van der Waals surface area contributed by atoms with Gasteiger partial charge in [0.25, 0.3) is 15.9 Å². The Balaban J connectivity index is 1.60. The van der Waals surface area contributed by atoms with E-state index in [-0.39, 0.29) is 28.4 Å². The van der Waals surface area contributed by atoms with E-state index in [1.165, 1.54) is 30.3 Å². The number of anilines is 1. The van der Waals surface area contributed by atoms with E-state index in [0.717, 1.165) is 16.8 Å². The number of esters is 1. The number of ether oxygens (including phenoxy) is 2. The maximum atomic E-state index is 14.3. The van der Waals surface area contributed by atoms with Crippen LogP contribution < -0.4 is 9.64 Å². The Bertz CT molecular complexity index is 2030. The van der Waals surface area contributed by atoms with Crippen molar-refractivity contribution in [3.63, 3.8) is 0 Å². The molecule has 0 atom stereocenters. The predicted octanol–water partition coefficient (Wildman–Crippen LogP) is 5.36. The number of methoxy groups -OCH3 is 2. The first kappa shape index (κ1) is 28.3. The van der Waals surface area contributed by atoms with E-state index in [9.17, 15) is 18.0 Å². The van der Waals surface area contributed by atoms with Crippen molar-refractivity contribution < 1.29 is 27.5 Å². The van der Waals surface area contributed by atoms with Crippen molar-refractivity contribution >= 4 is 49.4 Å². The fourth-order valence-corrected chi connectivity index (χ4v) is 7.31. The van der Waals surface area contributed by atoms with Gasteiger partial charge in [0, 0.05) is 43.6 Å².